The summed E-state index contributed by atoms with van der Waals surface area (Å²) < 4.78 is 15.1. The van der Waals surface area contributed by atoms with Crippen molar-refractivity contribution in [3.8, 4) is 11.3 Å². The molecule has 0 spiro atoms. The van der Waals surface area contributed by atoms with Crippen molar-refractivity contribution in [2.24, 2.45) is 13.0 Å². The van der Waals surface area contributed by atoms with Crippen LogP contribution in [-0.4, -0.2) is 55.3 Å². The van der Waals surface area contributed by atoms with Crippen LogP contribution in [0.2, 0.25) is 0 Å². The van der Waals surface area contributed by atoms with E-state index in [0.717, 1.165) is 64.9 Å². The molecule has 0 N–H and O–H groups in total. The summed E-state index contributed by atoms with van der Waals surface area (Å²) in [7, 11) is 1.89. The van der Waals surface area contributed by atoms with E-state index < -0.39 is 5.97 Å². The number of esters is 1. The first kappa shape index (κ1) is 24.2. The van der Waals surface area contributed by atoms with Gasteiger partial charge in [0.2, 0.25) is 0 Å². The number of nitrogens with zero attached hydrogens (tertiary/aromatic N) is 6. The van der Waals surface area contributed by atoms with Crippen LogP contribution in [0.3, 0.4) is 0 Å². The monoisotopic (exact) mass is 510 g/mol. The maximum Gasteiger partial charge on any atom is 0.356 e. The van der Waals surface area contributed by atoms with Crippen LogP contribution in [0.25, 0.3) is 33.2 Å². The third-order valence-electron chi connectivity index (χ3n) is 7.41. The molecule has 1 fully saturated rings. The summed E-state index contributed by atoms with van der Waals surface area (Å²) in [6, 6.07) is 14.6. The summed E-state index contributed by atoms with van der Waals surface area (Å²) in [6.45, 7) is 5.49. The number of hydrogen-bond acceptors (Lipinski definition) is 7. The number of aromatic nitrogens is 6. The Morgan fingerprint density at radius 1 is 1.11 bits per heavy atom. The zero-order chi connectivity index (χ0) is 26.2. The van der Waals surface area contributed by atoms with Crippen LogP contribution >= 0.6 is 0 Å². The second-order valence-corrected chi connectivity index (χ2v) is 9.72. The molecule has 194 valence electrons. The van der Waals surface area contributed by atoms with Gasteiger partial charge in [0.05, 0.1) is 40.6 Å². The highest BCUT2D eigenvalue weighted by Gasteiger charge is 2.31. The minimum absolute atomic E-state index is 0.0142. The van der Waals surface area contributed by atoms with Gasteiger partial charge in [0.25, 0.3) is 0 Å². The number of carbonyl (C=O) groups is 1. The Kier molecular flexibility index (Phi) is 6.37. The number of benzene rings is 1. The SMILES string of the molecule is CCOC(=O)c1cc2c(cn1)c1ncc(-c3c(C)nnn3C)cc1n2C(c1ccccc1)C1CCOCC1. The molecule has 1 aliphatic heterocycles. The van der Waals surface area contributed by atoms with Gasteiger partial charge >= 0.3 is 5.97 Å². The molecule has 1 aromatic carbocycles. The molecule has 0 bridgehead atoms. The Labute approximate surface area is 220 Å². The van der Waals surface area contributed by atoms with Crippen molar-refractivity contribution in [2.45, 2.75) is 32.7 Å². The summed E-state index contributed by atoms with van der Waals surface area (Å²) >= 11 is 0. The second-order valence-electron chi connectivity index (χ2n) is 9.72. The average Bonchev–Trinajstić information content (AvgIpc) is 3.45. The average molecular weight is 511 g/mol. The second kappa shape index (κ2) is 9.98. The summed E-state index contributed by atoms with van der Waals surface area (Å²) in [5.41, 5.74) is 6.90. The lowest BCUT2D eigenvalue weighted by Crippen LogP contribution is -2.27. The molecule has 9 heteroatoms. The summed E-state index contributed by atoms with van der Waals surface area (Å²) in [5, 5.41) is 9.34. The smallest absolute Gasteiger partial charge is 0.356 e. The molecule has 1 unspecified atom stereocenters. The fraction of sp³-hybridized carbons (Fsp3) is 0.345. The molecule has 0 aliphatic carbocycles. The lowest BCUT2D eigenvalue weighted by molar-refractivity contribution is 0.0519. The fourth-order valence-corrected chi connectivity index (χ4v) is 5.72. The number of rotatable bonds is 6. The minimum atomic E-state index is -0.432. The van der Waals surface area contributed by atoms with Crippen LogP contribution in [0.5, 0.6) is 0 Å². The first-order valence-electron chi connectivity index (χ1n) is 13.0. The van der Waals surface area contributed by atoms with E-state index in [1.54, 1.807) is 17.8 Å². The topological polar surface area (TPSA) is 97.0 Å². The molecule has 0 amide bonds. The van der Waals surface area contributed by atoms with Crippen LogP contribution in [0.15, 0.2) is 54.9 Å². The van der Waals surface area contributed by atoms with Crippen LogP contribution in [0.1, 0.15) is 47.6 Å². The number of ether oxygens (including phenoxy) is 2. The lowest BCUT2D eigenvalue weighted by atomic mass is 9.86. The predicted octanol–water partition coefficient (Wildman–Crippen LogP) is 4.88. The quantitative estimate of drug-likeness (QED) is 0.300. The van der Waals surface area contributed by atoms with E-state index in [-0.39, 0.29) is 11.7 Å². The van der Waals surface area contributed by atoms with E-state index in [2.05, 4.69) is 50.2 Å². The van der Waals surface area contributed by atoms with Crippen molar-refractivity contribution >= 4 is 27.9 Å². The van der Waals surface area contributed by atoms with E-state index in [9.17, 15) is 4.79 Å². The molecule has 1 aliphatic rings. The molecule has 0 saturated carbocycles. The Morgan fingerprint density at radius 2 is 1.89 bits per heavy atom. The first-order chi connectivity index (χ1) is 18.6. The van der Waals surface area contributed by atoms with E-state index in [1.165, 1.54) is 5.56 Å². The van der Waals surface area contributed by atoms with Crippen LogP contribution in [-0.2, 0) is 16.5 Å². The van der Waals surface area contributed by atoms with Crippen molar-refractivity contribution in [1.29, 1.82) is 0 Å². The molecule has 6 rings (SSSR count). The lowest BCUT2D eigenvalue weighted by Gasteiger charge is -2.33. The number of hydrogen-bond donors (Lipinski definition) is 0. The molecule has 0 radical (unpaired) electrons. The van der Waals surface area contributed by atoms with Gasteiger partial charge < -0.3 is 14.0 Å². The van der Waals surface area contributed by atoms with Crippen molar-refractivity contribution < 1.29 is 14.3 Å². The van der Waals surface area contributed by atoms with Gasteiger partial charge in [-0.1, -0.05) is 35.5 Å². The van der Waals surface area contributed by atoms with Crippen molar-refractivity contribution in [3.63, 3.8) is 0 Å². The van der Waals surface area contributed by atoms with E-state index >= 15 is 0 Å². The largest absolute Gasteiger partial charge is 0.461 e. The molecular formula is C29H30N6O3. The molecule has 4 aromatic heterocycles. The summed E-state index contributed by atoms with van der Waals surface area (Å²) in [5.74, 6) is -0.0910. The standard InChI is InChI=1S/C29H30N6O3/c1-4-38-29(36)23-15-24-22(17-30-23)26-25(14-21(16-31-26)27-18(2)32-33-34(27)3)35(24)28(19-8-6-5-7-9-19)20-10-12-37-13-11-20/h5-9,14-17,20,28H,4,10-13H2,1-3H3. The maximum absolute atomic E-state index is 12.7. The number of carbonyl (C=O) groups excluding carboxylic acids is 1. The zero-order valence-electron chi connectivity index (χ0n) is 21.8. The first-order valence-corrected chi connectivity index (χ1v) is 13.0. The molecule has 1 atom stereocenters. The van der Waals surface area contributed by atoms with E-state index in [4.69, 9.17) is 14.5 Å². The Hall–Kier alpha value is -4.11. The molecule has 1 saturated heterocycles. The van der Waals surface area contributed by atoms with Crippen molar-refractivity contribution in [3.05, 3.63) is 71.8 Å². The predicted molar refractivity (Wildman–Crippen MR) is 144 cm³/mol. The number of fused-ring (bicyclic) bond motifs is 3. The van der Waals surface area contributed by atoms with Gasteiger partial charge in [-0.3, -0.25) is 4.98 Å². The van der Waals surface area contributed by atoms with Gasteiger partial charge in [-0.2, -0.15) is 0 Å². The van der Waals surface area contributed by atoms with Crippen LogP contribution in [0.4, 0.5) is 0 Å². The van der Waals surface area contributed by atoms with Gasteiger partial charge in [0.1, 0.15) is 5.69 Å². The highest BCUT2D eigenvalue weighted by Crippen LogP contribution is 2.41. The number of aryl methyl sites for hydroxylation is 2. The molecule has 38 heavy (non-hydrogen) atoms. The summed E-state index contributed by atoms with van der Waals surface area (Å²) in [4.78, 5) is 22.1. The Bertz CT molecular complexity index is 1600. The fourth-order valence-electron chi connectivity index (χ4n) is 5.72. The third kappa shape index (κ3) is 4.12. The number of pyridine rings is 2. The van der Waals surface area contributed by atoms with Gasteiger partial charge in [-0.25, -0.2) is 14.5 Å². The van der Waals surface area contributed by atoms with E-state index in [1.807, 2.05) is 32.3 Å². The van der Waals surface area contributed by atoms with E-state index in [0.29, 0.717) is 12.5 Å². The molecular weight excluding hydrogens is 480 g/mol. The Morgan fingerprint density at radius 3 is 2.61 bits per heavy atom. The van der Waals surface area contributed by atoms with Crippen LogP contribution in [0, 0.1) is 12.8 Å². The van der Waals surface area contributed by atoms with Gasteiger partial charge in [0.15, 0.2) is 0 Å². The summed E-state index contributed by atoms with van der Waals surface area (Å²) in [6.07, 6.45) is 5.49. The Balaban J connectivity index is 1.67. The van der Waals surface area contributed by atoms with Gasteiger partial charge in [-0.05, 0) is 50.3 Å². The van der Waals surface area contributed by atoms with Crippen molar-refractivity contribution in [2.75, 3.05) is 19.8 Å². The normalized spacial score (nSPS) is 15.2. The van der Waals surface area contributed by atoms with Crippen molar-refractivity contribution in [1.82, 2.24) is 29.5 Å². The minimum Gasteiger partial charge on any atom is -0.461 e. The third-order valence-corrected chi connectivity index (χ3v) is 7.41. The molecule has 5 aromatic rings. The maximum atomic E-state index is 12.7. The van der Waals surface area contributed by atoms with Crippen LogP contribution < -0.4 is 0 Å². The highest BCUT2D eigenvalue weighted by atomic mass is 16.5. The molecule has 5 heterocycles. The van der Waals surface area contributed by atoms with Gasteiger partial charge in [-0.15, -0.1) is 5.10 Å². The van der Waals surface area contributed by atoms with Gasteiger partial charge in [0, 0.05) is 43.6 Å². The zero-order valence-corrected chi connectivity index (χ0v) is 21.8. The molecule has 9 nitrogen and oxygen atoms in total. The highest BCUT2D eigenvalue weighted by molar-refractivity contribution is 6.07.